The second kappa shape index (κ2) is 7.08. The molecule has 0 aliphatic carbocycles. The minimum absolute atomic E-state index is 0.0494. The molecule has 24 heavy (non-hydrogen) atoms. The number of hydrogen-bond acceptors (Lipinski definition) is 7. The number of aldehydes is 1. The maximum Gasteiger partial charge on any atom is 0.429 e. The van der Waals surface area contributed by atoms with Crippen molar-refractivity contribution in [1.29, 1.82) is 0 Å². The molecule has 0 aromatic heterocycles. The number of carbonyl (C=O) groups excluding carboxylic acids is 2. The minimum Gasteiger partial charge on any atom is -0.442 e. The third kappa shape index (κ3) is 5.12. The van der Waals surface area contributed by atoms with Crippen molar-refractivity contribution in [1.82, 2.24) is 5.01 Å². The summed E-state index contributed by atoms with van der Waals surface area (Å²) in [5.74, 6) is 0. The van der Waals surface area contributed by atoms with Gasteiger partial charge in [-0.15, -0.1) is 0 Å². The molecule has 0 aliphatic heterocycles. The fraction of sp³-hybridized carbons (Fsp3) is 0.467. The van der Waals surface area contributed by atoms with E-state index in [4.69, 9.17) is 10.5 Å². The van der Waals surface area contributed by atoms with E-state index in [0.717, 1.165) is 11.3 Å². The van der Waals surface area contributed by atoms with Crippen LogP contribution in [0.4, 0.5) is 16.2 Å². The highest BCUT2D eigenvalue weighted by molar-refractivity contribution is 7.90. The summed E-state index contributed by atoms with van der Waals surface area (Å²) < 4.78 is 28.7. The molecule has 3 N–H and O–H groups in total. The van der Waals surface area contributed by atoms with E-state index in [1.165, 1.54) is 25.1 Å². The smallest absolute Gasteiger partial charge is 0.429 e. The van der Waals surface area contributed by atoms with Gasteiger partial charge in [-0.05, 0) is 39.8 Å². The molecule has 1 aromatic carbocycles. The van der Waals surface area contributed by atoms with E-state index >= 15 is 0 Å². The largest absolute Gasteiger partial charge is 0.442 e. The molecule has 134 valence electrons. The maximum absolute atomic E-state index is 12.3. The molecule has 9 heteroatoms. The van der Waals surface area contributed by atoms with Crippen LogP contribution in [-0.4, -0.2) is 43.7 Å². The summed E-state index contributed by atoms with van der Waals surface area (Å²) in [4.78, 5) is 23.3. The van der Waals surface area contributed by atoms with Crippen molar-refractivity contribution in [2.24, 2.45) is 0 Å². The Morgan fingerprint density at radius 3 is 2.42 bits per heavy atom. The highest BCUT2D eigenvalue weighted by Gasteiger charge is 2.27. The average molecular weight is 357 g/mol. The zero-order valence-corrected chi connectivity index (χ0v) is 15.2. The molecule has 0 spiro atoms. The number of carbonyl (C=O) groups is 2. The maximum atomic E-state index is 12.3. The Balaban J connectivity index is 3.21. The summed E-state index contributed by atoms with van der Waals surface area (Å²) in [6, 6.07) is 3.48. The van der Waals surface area contributed by atoms with Gasteiger partial charge in [0.2, 0.25) is 0 Å². The normalized spacial score (nSPS) is 13.0. The second-order valence-corrected chi connectivity index (χ2v) is 8.31. The minimum atomic E-state index is -3.54. The molecule has 0 radical (unpaired) electrons. The molecule has 0 aliphatic rings. The number of nitrogens with zero attached hydrogens (tertiary/aromatic N) is 1. The van der Waals surface area contributed by atoms with Gasteiger partial charge in [-0.2, -0.15) is 0 Å². The topological polar surface area (TPSA) is 119 Å². The summed E-state index contributed by atoms with van der Waals surface area (Å²) >= 11 is 0. The monoisotopic (exact) mass is 357 g/mol. The molecule has 0 saturated heterocycles. The van der Waals surface area contributed by atoms with E-state index in [1.807, 2.05) is 0 Å². The van der Waals surface area contributed by atoms with E-state index in [-0.39, 0.29) is 16.3 Å². The summed E-state index contributed by atoms with van der Waals surface area (Å²) in [5.41, 5.74) is 7.91. The molecular formula is C15H23N3O5S. The van der Waals surface area contributed by atoms with Gasteiger partial charge >= 0.3 is 6.09 Å². The Morgan fingerprint density at radius 2 is 1.96 bits per heavy atom. The quantitative estimate of drug-likeness (QED) is 0.469. The zero-order chi connectivity index (χ0) is 18.7. The van der Waals surface area contributed by atoms with E-state index < -0.39 is 27.6 Å². The molecule has 1 unspecified atom stereocenters. The first-order chi connectivity index (χ1) is 10.9. The predicted molar refractivity (Wildman–Crippen MR) is 91.2 cm³/mol. The van der Waals surface area contributed by atoms with Crippen LogP contribution in [0.1, 0.15) is 27.7 Å². The van der Waals surface area contributed by atoms with Gasteiger partial charge < -0.3 is 15.3 Å². The average Bonchev–Trinajstić information content (AvgIpc) is 2.42. The number of sulfone groups is 1. The van der Waals surface area contributed by atoms with Gasteiger partial charge in [0, 0.05) is 6.26 Å². The fourth-order valence-electron chi connectivity index (χ4n) is 1.78. The Kier molecular flexibility index (Phi) is 5.83. The number of nitrogens with two attached hydrogens (primary N) is 1. The second-order valence-electron chi connectivity index (χ2n) is 6.33. The summed E-state index contributed by atoms with van der Waals surface area (Å²) in [6.07, 6.45) is 0.793. The van der Waals surface area contributed by atoms with Crippen molar-refractivity contribution >= 4 is 33.6 Å². The van der Waals surface area contributed by atoms with Gasteiger partial charge in [-0.1, -0.05) is 6.07 Å². The highest BCUT2D eigenvalue weighted by atomic mass is 32.2. The van der Waals surface area contributed by atoms with Crippen molar-refractivity contribution in [3.63, 3.8) is 0 Å². The SMILES string of the molecule is CC(C=O)N(Nc1cccc(S(C)(=O)=O)c1N)C(=O)OC(C)(C)C. The van der Waals surface area contributed by atoms with Crippen molar-refractivity contribution in [3.05, 3.63) is 18.2 Å². The van der Waals surface area contributed by atoms with Crippen LogP contribution in [0.3, 0.4) is 0 Å². The van der Waals surface area contributed by atoms with E-state index in [0.29, 0.717) is 6.29 Å². The van der Waals surface area contributed by atoms with E-state index in [2.05, 4.69) is 5.43 Å². The van der Waals surface area contributed by atoms with Crippen LogP contribution >= 0.6 is 0 Å². The molecule has 0 heterocycles. The number of rotatable bonds is 5. The highest BCUT2D eigenvalue weighted by Crippen LogP contribution is 2.27. The van der Waals surface area contributed by atoms with Gasteiger partial charge in [0.25, 0.3) is 0 Å². The molecule has 0 saturated carbocycles. The lowest BCUT2D eigenvalue weighted by molar-refractivity contribution is -0.111. The van der Waals surface area contributed by atoms with Crippen LogP contribution in [0.25, 0.3) is 0 Å². The number of hydrazine groups is 1. The summed E-state index contributed by atoms with van der Waals surface area (Å²) in [7, 11) is -3.54. The first kappa shape index (κ1) is 19.8. The zero-order valence-electron chi connectivity index (χ0n) is 14.4. The van der Waals surface area contributed by atoms with Crippen LogP contribution in [0.15, 0.2) is 23.1 Å². The lowest BCUT2D eigenvalue weighted by Crippen LogP contribution is -2.46. The predicted octanol–water partition coefficient (Wildman–Crippen LogP) is 1.82. The van der Waals surface area contributed by atoms with Gasteiger partial charge in [0.05, 0.1) is 16.3 Å². The standard InChI is InChI=1S/C15H23N3O5S/c1-10(9-19)18(14(20)23-15(2,3)4)17-11-7-6-8-12(13(11)16)24(5,21)22/h6-10,17H,16H2,1-5H3. The number of ether oxygens (including phenoxy) is 1. The lowest BCUT2D eigenvalue weighted by Gasteiger charge is -2.30. The number of benzene rings is 1. The van der Waals surface area contributed by atoms with Gasteiger partial charge in [-0.3, -0.25) is 5.43 Å². The summed E-state index contributed by atoms with van der Waals surface area (Å²) in [6.45, 7) is 6.55. The number of hydrogen-bond donors (Lipinski definition) is 2. The molecule has 1 atom stereocenters. The molecular weight excluding hydrogens is 334 g/mol. The number of anilines is 2. The third-order valence-electron chi connectivity index (χ3n) is 2.90. The van der Waals surface area contributed by atoms with Gasteiger partial charge in [0.1, 0.15) is 17.9 Å². The van der Waals surface area contributed by atoms with Crippen LogP contribution < -0.4 is 11.2 Å². The van der Waals surface area contributed by atoms with Crippen LogP contribution in [-0.2, 0) is 19.4 Å². The first-order valence-corrected chi connectivity index (χ1v) is 9.08. The van der Waals surface area contributed by atoms with E-state index in [9.17, 15) is 18.0 Å². The van der Waals surface area contributed by atoms with Gasteiger partial charge in [-0.25, -0.2) is 18.2 Å². The Bertz CT molecular complexity index is 725. The number of nitrogen functional groups attached to an aromatic ring is 1. The molecule has 1 aromatic rings. The van der Waals surface area contributed by atoms with Crippen molar-refractivity contribution in [3.8, 4) is 0 Å². The number of nitrogens with one attached hydrogen (secondary N) is 1. The number of amides is 1. The van der Waals surface area contributed by atoms with Crippen LogP contribution in [0, 0.1) is 0 Å². The molecule has 0 bridgehead atoms. The third-order valence-corrected chi connectivity index (χ3v) is 4.06. The molecule has 0 fully saturated rings. The first-order valence-electron chi connectivity index (χ1n) is 7.19. The Morgan fingerprint density at radius 1 is 1.38 bits per heavy atom. The fourth-order valence-corrected chi connectivity index (χ4v) is 2.62. The van der Waals surface area contributed by atoms with Crippen LogP contribution in [0.2, 0.25) is 0 Å². The van der Waals surface area contributed by atoms with Crippen molar-refractivity contribution < 1.29 is 22.7 Å². The van der Waals surface area contributed by atoms with Crippen molar-refractivity contribution in [2.45, 2.75) is 44.2 Å². The van der Waals surface area contributed by atoms with Crippen LogP contribution in [0.5, 0.6) is 0 Å². The number of para-hydroxylation sites is 1. The van der Waals surface area contributed by atoms with Gasteiger partial charge in [0.15, 0.2) is 9.84 Å². The molecule has 8 nitrogen and oxygen atoms in total. The Labute approximate surface area is 141 Å². The summed E-state index contributed by atoms with van der Waals surface area (Å²) in [5, 5.41) is 0.954. The van der Waals surface area contributed by atoms with E-state index in [1.54, 1.807) is 20.8 Å². The lowest BCUT2D eigenvalue weighted by atomic mass is 10.2. The molecule has 1 rings (SSSR count). The van der Waals surface area contributed by atoms with Crippen molar-refractivity contribution in [2.75, 3.05) is 17.4 Å². The Hall–Kier alpha value is -2.29. The molecule has 1 amide bonds.